The average Bonchev–Trinajstić information content (AvgIpc) is 2.65. The molecule has 1 N–H and O–H groups in total. The van der Waals surface area contributed by atoms with Crippen molar-refractivity contribution < 1.29 is 47.6 Å². The summed E-state index contributed by atoms with van der Waals surface area (Å²) in [6, 6.07) is 3.69. The van der Waals surface area contributed by atoms with Gasteiger partial charge in [-0.15, -0.1) is 5.75 Å². The van der Waals surface area contributed by atoms with Crippen LogP contribution in [0, 0.1) is 0 Å². The summed E-state index contributed by atoms with van der Waals surface area (Å²) < 4.78 is 31.4. The minimum atomic E-state index is -4.24. The molecule has 0 fully saturated rings. The van der Waals surface area contributed by atoms with E-state index in [4.69, 9.17) is 4.55 Å². The zero-order valence-corrected chi connectivity index (χ0v) is 21.4. The monoisotopic (exact) mass is 434 g/mol. The Morgan fingerprint density at radius 1 is 0.759 bits per heavy atom. The van der Waals surface area contributed by atoms with E-state index in [1.54, 1.807) is 0 Å². The van der Waals surface area contributed by atoms with Gasteiger partial charge in [0.05, 0.1) is 4.90 Å². The summed E-state index contributed by atoms with van der Waals surface area (Å²) in [6.07, 6.45) is 19.9. The van der Waals surface area contributed by atoms with Crippen LogP contribution in [0.5, 0.6) is 5.75 Å². The average molecular weight is 435 g/mol. The van der Waals surface area contributed by atoms with Gasteiger partial charge in [-0.25, -0.2) is 0 Å². The Kier molecular flexibility index (Phi) is 17.6. The molecule has 1 aromatic carbocycles. The Hall–Kier alpha value is -0.0700. The molecule has 1 aromatic rings. The molecule has 0 bridgehead atoms. The molecule has 0 heterocycles. The van der Waals surface area contributed by atoms with E-state index < -0.39 is 10.1 Å². The fraction of sp³-hybridized carbons (Fsp3) is 0.739. The van der Waals surface area contributed by atoms with Crippen LogP contribution in [0.2, 0.25) is 0 Å². The number of hydrogen-bond acceptors (Lipinski definition) is 3. The normalized spacial score (nSPS) is 11.4. The van der Waals surface area contributed by atoms with Crippen molar-refractivity contribution in [3.05, 3.63) is 23.8 Å². The Morgan fingerprint density at radius 2 is 1.17 bits per heavy atom. The predicted octanol–water partition coefficient (Wildman–Crippen LogP) is 3.42. The summed E-state index contributed by atoms with van der Waals surface area (Å²) in [4.78, 5) is -0.192. The van der Waals surface area contributed by atoms with Gasteiger partial charge in [-0.2, -0.15) is 8.42 Å². The second kappa shape index (κ2) is 17.6. The van der Waals surface area contributed by atoms with Crippen molar-refractivity contribution >= 4 is 10.1 Å². The number of hydrogen-bond donors (Lipinski definition) is 1. The maximum Gasteiger partial charge on any atom is 1.00 e. The molecule has 0 unspecified atom stereocenters. The topological polar surface area (TPSA) is 77.4 Å². The largest absolute Gasteiger partial charge is 1.00 e. The van der Waals surface area contributed by atoms with E-state index in [2.05, 4.69) is 6.92 Å². The maximum absolute atomic E-state index is 11.8. The van der Waals surface area contributed by atoms with Gasteiger partial charge in [-0.1, -0.05) is 108 Å². The van der Waals surface area contributed by atoms with E-state index in [1.165, 1.54) is 89.2 Å². The van der Waals surface area contributed by atoms with E-state index in [-0.39, 0.29) is 40.2 Å². The summed E-state index contributed by atoms with van der Waals surface area (Å²) in [5.74, 6) is -0.155. The summed E-state index contributed by atoms with van der Waals surface area (Å²) in [6.45, 7) is 2.26. The molecule has 0 atom stereocenters. The van der Waals surface area contributed by atoms with E-state index in [1.807, 2.05) is 0 Å². The Balaban J connectivity index is 0.00000784. The summed E-state index contributed by atoms with van der Waals surface area (Å²) in [7, 11) is -4.24. The molecule has 0 saturated heterocycles. The van der Waals surface area contributed by atoms with Crippen molar-refractivity contribution in [1.82, 2.24) is 0 Å². The summed E-state index contributed by atoms with van der Waals surface area (Å²) in [5, 5.41) is 11.8. The van der Waals surface area contributed by atoms with E-state index in [9.17, 15) is 13.5 Å². The third kappa shape index (κ3) is 14.5. The molecule has 0 aliphatic rings. The van der Waals surface area contributed by atoms with Crippen LogP contribution >= 0.6 is 0 Å². The minimum absolute atomic E-state index is 0. The van der Waals surface area contributed by atoms with Crippen LogP contribution in [0.4, 0.5) is 0 Å². The number of aryl methyl sites for hydroxylation is 1. The number of rotatable bonds is 17. The fourth-order valence-electron chi connectivity index (χ4n) is 3.60. The molecule has 0 aliphatic heterocycles. The van der Waals surface area contributed by atoms with E-state index in [0.717, 1.165) is 25.3 Å². The first kappa shape index (κ1) is 28.9. The van der Waals surface area contributed by atoms with Gasteiger partial charge < -0.3 is 5.11 Å². The molecule has 4 nitrogen and oxygen atoms in total. The van der Waals surface area contributed by atoms with Crippen LogP contribution < -0.4 is 34.7 Å². The van der Waals surface area contributed by atoms with Crippen molar-refractivity contribution in [2.24, 2.45) is 0 Å². The van der Waals surface area contributed by atoms with Crippen LogP contribution in [-0.2, 0) is 16.5 Å². The minimum Gasteiger partial charge on any atom is -0.872 e. The Bertz CT molecular complexity index is 632. The Labute approximate surface area is 200 Å². The second-order valence-electron chi connectivity index (χ2n) is 7.94. The van der Waals surface area contributed by atoms with Crippen LogP contribution in [0.1, 0.15) is 109 Å². The maximum atomic E-state index is 11.8. The van der Waals surface area contributed by atoms with Crippen molar-refractivity contribution in [1.29, 1.82) is 0 Å². The first-order chi connectivity index (χ1) is 13.4. The van der Waals surface area contributed by atoms with Gasteiger partial charge in [0.15, 0.2) is 0 Å². The SMILES string of the molecule is CCCCCCCCCCCCCCCCCc1cc(S(=O)(=O)O)ccc1[O-].[Na+]. The third-order valence-electron chi connectivity index (χ3n) is 5.38. The molecule has 29 heavy (non-hydrogen) atoms. The van der Waals surface area contributed by atoms with Gasteiger partial charge in [-0.3, -0.25) is 4.55 Å². The van der Waals surface area contributed by atoms with Gasteiger partial charge in [0, 0.05) is 0 Å². The first-order valence-electron chi connectivity index (χ1n) is 11.2. The van der Waals surface area contributed by atoms with Crippen LogP contribution in [0.3, 0.4) is 0 Å². The van der Waals surface area contributed by atoms with Gasteiger partial charge >= 0.3 is 29.6 Å². The van der Waals surface area contributed by atoms with Crippen molar-refractivity contribution in [2.75, 3.05) is 0 Å². The van der Waals surface area contributed by atoms with Gasteiger partial charge in [0.25, 0.3) is 10.1 Å². The second-order valence-corrected chi connectivity index (χ2v) is 9.37. The molecular formula is C23H39NaO4S. The molecule has 1 rings (SSSR count). The molecule has 0 radical (unpaired) electrons. The molecule has 0 spiro atoms. The quantitative estimate of drug-likeness (QED) is 0.231. The Morgan fingerprint density at radius 3 is 1.59 bits per heavy atom. The number of benzene rings is 1. The van der Waals surface area contributed by atoms with Gasteiger partial charge in [-0.05, 0) is 25.0 Å². The molecular weight excluding hydrogens is 395 g/mol. The van der Waals surface area contributed by atoms with Gasteiger partial charge in [0.1, 0.15) is 0 Å². The molecule has 0 amide bonds. The van der Waals surface area contributed by atoms with Crippen molar-refractivity contribution in [2.45, 2.75) is 115 Å². The zero-order valence-electron chi connectivity index (χ0n) is 18.6. The zero-order chi connectivity index (χ0) is 20.7. The van der Waals surface area contributed by atoms with Crippen molar-refractivity contribution in [3.8, 4) is 5.75 Å². The molecule has 6 heteroatoms. The predicted molar refractivity (Wildman–Crippen MR) is 114 cm³/mol. The molecule has 162 valence electrons. The molecule has 0 aliphatic carbocycles. The number of unbranched alkanes of at least 4 members (excludes halogenated alkanes) is 14. The van der Waals surface area contributed by atoms with Crippen molar-refractivity contribution in [3.63, 3.8) is 0 Å². The van der Waals surface area contributed by atoms with Crippen LogP contribution in [0.25, 0.3) is 0 Å². The van der Waals surface area contributed by atoms with Crippen LogP contribution in [0.15, 0.2) is 23.1 Å². The van der Waals surface area contributed by atoms with Crippen LogP contribution in [-0.4, -0.2) is 13.0 Å². The summed E-state index contributed by atoms with van der Waals surface area (Å²) >= 11 is 0. The standard InChI is InChI=1S/C23H40O4S.Na/c1-2-3-4-5-6-7-8-9-10-11-12-13-14-15-16-17-21-20-22(28(25,26)27)18-19-23(21)24;/h18-20,24H,2-17H2,1H3,(H,25,26,27);/q;+1/p-1. The van der Waals surface area contributed by atoms with E-state index >= 15 is 0 Å². The van der Waals surface area contributed by atoms with Gasteiger partial charge in [0.2, 0.25) is 0 Å². The third-order valence-corrected chi connectivity index (χ3v) is 6.23. The fourth-order valence-corrected chi connectivity index (χ4v) is 4.13. The molecule has 0 saturated carbocycles. The smallest absolute Gasteiger partial charge is 0.872 e. The first-order valence-corrected chi connectivity index (χ1v) is 12.7. The summed E-state index contributed by atoms with van der Waals surface area (Å²) in [5.41, 5.74) is 0.477. The molecule has 0 aromatic heterocycles. The van der Waals surface area contributed by atoms with E-state index in [0.29, 0.717) is 12.0 Å².